The number of likely N-dealkylation sites (tertiary alicyclic amines) is 1. The van der Waals surface area contributed by atoms with Gasteiger partial charge in [-0.25, -0.2) is 4.68 Å². The van der Waals surface area contributed by atoms with Gasteiger partial charge in [-0.05, 0) is 37.1 Å². The minimum Gasteiger partial charge on any atom is -0.460 e. The molecule has 1 fully saturated rings. The maximum absolute atomic E-state index is 6.06. The minimum absolute atomic E-state index is 0.401. The molecule has 1 aliphatic heterocycles. The summed E-state index contributed by atoms with van der Waals surface area (Å²) in [5.41, 5.74) is 7.46. The van der Waals surface area contributed by atoms with Crippen LogP contribution in [0.4, 0.5) is 0 Å². The smallest absolute Gasteiger partial charge is 0.134 e. The summed E-state index contributed by atoms with van der Waals surface area (Å²) >= 11 is 6.06. The second-order valence-electron chi connectivity index (χ2n) is 6.68. The highest BCUT2D eigenvalue weighted by atomic mass is 35.5. The van der Waals surface area contributed by atoms with Gasteiger partial charge in [0.1, 0.15) is 11.5 Å². The molecule has 136 valence electrons. The van der Waals surface area contributed by atoms with Crippen molar-refractivity contribution in [1.29, 1.82) is 0 Å². The molecule has 2 N–H and O–H groups in total. The molecule has 0 atom stereocenters. The Kier molecular flexibility index (Phi) is 5.06. The summed E-state index contributed by atoms with van der Waals surface area (Å²) in [6, 6.07) is 12.2. The van der Waals surface area contributed by atoms with Crippen molar-refractivity contribution in [2.75, 3.05) is 13.1 Å². The second-order valence-corrected chi connectivity index (χ2v) is 7.11. The average Bonchev–Trinajstić information content (AvgIpc) is 3.32. The quantitative estimate of drug-likeness (QED) is 0.743. The molecule has 0 amide bonds. The van der Waals surface area contributed by atoms with E-state index < -0.39 is 0 Å². The van der Waals surface area contributed by atoms with Crippen LogP contribution in [0.25, 0.3) is 11.3 Å². The van der Waals surface area contributed by atoms with Crippen molar-refractivity contribution >= 4 is 11.6 Å². The molecule has 0 bridgehead atoms. The fourth-order valence-corrected chi connectivity index (χ4v) is 3.60. The van der Waals surface area contributed by atoms with Crippen molar-refractivity contribution in [3.8, 4) is 11.3 Å². The molecule has 3 aromatic rings. The first-order valence-electron chi connectivity index (χ1n) is 8.89. The van der Waals surface area contributed by atoms with E-state index in [2.05, 4.69) is 15.2 Å². The van der Waals surface area contributed by atoms with Crippen LogP contribution in [0, 0.1) is 0 Å². The largest absolute Gasteiger partial charge is 0.460 e. The Balaban J connectivity index is 1.34. The number of piperidine rings is 1. The zero-order valence-corrected chi connectivity index (χ0v) is 15.3. The molecule has 0 unspecified atom stereocenters. The van der Waals surface area contributed by atoms with Gasteiger partial charge in [0.05, 0.1) is 24.5 Å². The normalized spacial score (nSPS) is 16.2. The number of benzene rings is 1. The van der Waals surface area contributed by atoms with E-state index in [1.165, 1.54) is 0 Å². The first kappa shape index (κ1) is 17.3. The standard InChI is InChI=1S/C19H22ClN5O/c20-15-3-1-2-14(10-15)19-5-4-18(26-19)13-24-8-6-17(7-9-24)25-12-16(11-21)22-23-25/h1-5,10,12,17H,6-9,11,13,21H2. The molecule has 1 aromatic carbocycles. The van der Waals surface area contributed by atoms with Crippen molar-refractivity contribution in [3.63, 3.8) is 0 Å². The highest BCUT2D eigenvalue weighted by molar-refractivity contribution is 6.30. The van der Waals surface area contributed by atoms with E-state index in [9.17, 15) is 0 Å². The van der Waals surface area contributed by atoms with Crippen molar-refractivity contribution in [3.05, 3.63) is 59.1 Å². The summed E-state index contributed by atoms with van der Waals surface area (Å²) in [5, 5.41) is 9.00. The van der Waals surface area contributed by atoms with E-state index in [0.717, 1.165) is 55.3 Å². The summed E-state index contributed by atoms with van der Waals surface area (Å²) in [7, 11) is 0. The van der Waals surface area contributed by atoms with Crippen LogP contribution in [0.2, 0.25) is 5.02 Å². The lowest BCUT2D eigenvalue weighted by Crippen LogP contribution is -2.34. The van der Waals surface area contributed by atoms with Crippen molar-refractivity contribution < 1.29 is 4.42 Å². The van der Waals surface area contributed by atoms with Gasteiger partial charge in [-0.15, -0.1) is 5.10 Å². The van der Waals surface area contributed by atoms with E-state index >= 15 is 0 Å². The van der Waals surface area contributed by atoms with Gasteiger partial charge in [0.25, 0.3) is 0 Å². The fraction of sp³-hybridized carbons (Fsp3) is 0.368. The van der Waals surface area contributed by atoms with Crippen LogP contribution >= 0.6 is 11.6 Å². The van der Waals surface area contributed by atoms with E-state index in [1.807, 2.05) is 47.3 Å². The fourth-order valence-electron chi connectivity index (χ4n) is 3.41. The highest BCUT2D eigenvalue weighted by Crippen LogP contribution is 2.27. The average molecular weight is 372 g/mol. The maximum atomic E-state index is 6.06. The van der Waals surface area contributed by atoms with Crippen LogP contribution in [0.5, 0.6) is 0 Å². The third-order valence-electron chi connectivity index (χ3n) is 4.85. The molecule has 0 aliphatic carbocycles. The van der Waals surface area contributed by atoms with Crippen LogP contribution in [-0.2, 0) is 13.1 Å². The number of hydrogen-bond donors (Lipinski definition) is 1. The summed E-state index contributed by atoms with van der Waals surface area (Å²) in [4.78, 5) is 2.41. The molecule has 0 radical (unpaired) electrons. The molecule has 0 saturated carbocycles. The molecule has 0 spiro atoms. The van der Waals surface area contributed by atoms with Gasteiger partial charge in [0.2, 0.25) is 0 Å². The molecule has 6 nitrogen and oxygen atoms in total. The number of hydrogen-bond acceptors (Lipinski definition) is 5. The Bertz CT molecular complexity index is 866. The van der Waals surface area contributed by atoms with E-state index in [4.69, 9.17) is 21.8 Å². The molecule has 1 aliphatic rings. The third-order valence-corrected chi connectivity index (χ3v) is 5.08. The van der Waals surface area contributed by atoms with Crippen LogP contribution < -0.4 is 5.73 Å². The van der Waals surface area contributed by atoms with Gasteiger partial charge in [0, 0.05) is 30.2 Å². The molecular formula is C19H22ClN5O. The third kappa shape index (κ3) is 3.82. The molecular weight excluding hydrogens is 350 g/mol. The van der Waals surface area contributed by atoms with Gasteiger partial charge in [-0.3, -0.25) is 4.90 Å². The molecule has 26 heavy (non-hydrogen) atoms. The monoisotopic (exact) mass is 371 g/mol. The maximum Gasteiger partial charge on any atom is 0.134 e. The van der Waals surface area contributed by atoms with Crippen molar-refractivity contribution in [1.82, 2.24) is 19.9 Å². The van der Waals surface area contributed by atoms with Crippen molar-refractivity contribution in [2.24, 2.45) is 5.73 Å². The number of aromatic nitrogens is 3. The number of furan rings is 1. The number of rotatable bonds is 5. The van der Waals surface area contributed by atoms with Crippen molar-refractivity contribution in [2.45, 2.75) is 32.0 Å². The minimum atomic E-state index is 0.401. The van der Waals surface area contributed by atoms with Gasteiger partial charge in [0.15, 0.2) is 0 Å². The molecule has 4 rings (SSSR count). The van der Waals surface area contributed by atoms with Gasteiger partial charge < -0.3 is 10.2 Å². The van der Waals surface area contributed by atoms with Crippen LogP contribution in [0.15, 0.2) is 47.0 Å². The Morgan fingerprint density at radius 2 is 2.04 bits per heavy atom. The highest BCUT2D eigenvalue weighted by Gasteiger charge is 2.22. The van der Waals surface area contributed by atoms with Crippen LogP contribution in [-0.4, -0.2) is 33.0 Å². The van der Waals surface area contributed by atoms with E-state index in [1.54, 1.807) is 0 Å². The number of halogens is 1. The molecule has 2 aromatic heterocycles. The van der Waals surface area contributed by atoms with E-state index in [-0.39, 0.29) is 0 Å². The zero-order valence-electron chi connectivity index (χ0n) is 14.5. The lowest BCUT2D eigenvalue weighted by molar-refractivity contribution is 0.162. The Morgan fingerprint density at radius 1 is 1.19 bits per heavy atom. The number of nitrogens with two attached hydrogens (primary N) is 1. The Hall–Kier alpha value is -2.15. The lowest BCUT2D eigenvalue weighted by Gasteiger charge is -2.31. The summed E-state index contributed by atoms with van der Waals surface area (Å²) in [6.45, 7) is 3.27. The second kappa shape index (κ2) is 7.61. The van der Waals surface area contributed by atoms with Crippen LogP contribution in [0.1, 0.15) is 30.3 Å². The van der Waals surface area contributed by atoms with Crippen LogP contribution in [0.3, 0.4) is 0 Å². The molecule has 7 heteroatoms. The predicted octanol–water partition coefficient (Wildman–Crippen LogP) is 3.49. The molecule has 1 saturated heterocycles. The SMILES string of the molecule is NCc1cn(C2CCN(Cc3ccc(-c4cccc(Cl)c4)o3)CC2)nn1. The first-order valence-corrected chi connectivity index (χ1v) is 9.27. The van der Waals surface area contributed by atoms with Gasteiger partial charge in [-0.1, -0.05) is 28.9 Å². The van der Waals surface area contributed by atoms with E-state index in [0.29, 0.717) is 17.6 Å². The first-order chi connectivity index (χ1) is 12.7. The topological polar surface area (TPSA) is 73.1 Å². The van der Waals surface area contributed by atoms with Gasteiger partial charge in [-0.2, -0.15) is 0 Å². The summed E-state index contributed by atoms with van der Waals surface area (Å²) in [6.07, 6.45) is 4.06. The number of nitrogens with zero attached hydrogens (tertiary/aromatic N) is 4. The predicted molar refractivity (Wildman–Crippen MR) is 101 cm³/mol. The Morgan fingerprint density at radius 3 is 2.77 bits per heavy atom. The summed E-state index contributed by atoms with van der Waals surface area (Å²) in [5.74, 6) is 1.83. The Labute approximate surface area is 157 Å². The summed E-state index contributed by atoms with van der Waals surface area (Å²) < 4.78 is 7.98. The van der Waals surface area contributed by atoms with Gasteiger partial charge >= 0.3 is 0 Å². The molecule has 3 heterocycles. The zero-order chi connectivity index (χ0) is 17.9. The lowest BCUT2D eigenvalue weighted by atomic mass is 10.1.